The van der Waals surface area contributed by atoms with E-state index in [1.807, 2.05) is 34.6 Å². The third-order valence-electron chi connectivity index (χ3n) is 1.43. The normalized spacial score (nSPS) is 14.4. The van der Waals surface area contributed by atoms with Crippen molar-refractivity contribution >= 4 is 5.97 Å². The molecule has 0 aromatic rings. The molecule has 0 aliphatic carbocycles. The van der Waals surface area contributed by atoms with Crippen molar-refractivity contribution < 1.29 is 9.53 Å². The Bertz CT molecular complexity index is 170. The summed E-state index contributed by atoms with van der Waals surface area (Å²) in [6, 6.07) is -0.487. The fourth-order valence-electron chi connectivity index (χ4n) is 0.982. The molecule has 3 nitrogen and oxygen atoms in total. The van der Waals surface area contributed by atoms with E-state index >= 15 is 0 Å². The Hall–Kier alpha value is -0.570. The lowest BCUT2D eigenvalue weighted by molar-refractivity contribution is -0.156. The molecule has 0 bridgehead atoms. The smallest absolute Gasteiger partial charge is 0.323 e. The van der Waals surface area contributed by atoms with E-state index in [2.05, 4.69) is 0 Å². The molecule has 3 heteroatoms. The van der Waals surface area contributed by atoms with Gasteiger partial charge in [0.25, 0.3) is 0 Å². The maximum absolute atomic E-state index is 11.3. The third kappa shape index (κ3) is 6.58. The van der Waals surface area contributed by atoms with Crippen LogP contribution < -0.4 is 5.73 Å². The van der Waals surface area contributed by atoms with E-state index in [0.717, 1.165) is 0 Å². The zero-order valence-corrected chi connectivity index (χ0v) is 9.26. The number of hydrogen-bond donors (Lipinski definition) is 1. The van der Waals surface area contributed by atoms with E-state index in [0.29, 0.717) is 12.3 Å². The zero-order valence-electron chi connectivity index (χ0n) is 9.26. The Morgan fingerprint density at radius 2 is 1.85 bits per heavy atom. The highest BCUT2D eigenvalue weighted by Gasteiger charge is 2.22. The minimum absolute atomic E-state index is 0.304. The first-order chi connectivity index (χ1) is 5.72. The molecule has 0 saturated heterocycles. The summed E-state index contributed by atoms with van der Waals surface area (Å²) in [6.45, 7) is 9.58. The lowest BCUT2D eigenvalue weighted by Gasteiger charge is -2.22. The van der Waals surface area contributed by atoms with Gasteiger partial charge in [0.15, 0.2) is 0 Å². The third-order valence-corrected chi connectivity index (χ3v) is 1.43. The summed E-state index contributed by atoms with van der Waals surface area (Å²) in [7, 11) is 0. The van der Waals surface area contributed by atoms with Crippen LogP contribution in [0, 0.1) is 5.92 Å². The first-order valence-electron chi connectivity index (χ1n) is 4.71. The molecule has 0 aromatic carbocycles. The van der Waals surface area contributed by atoms with Gasteiger partial charge in [-0.25, -0.2) is 0 Å². The molecular formula is C10H21NO2. The second-order valence-corrected chi connectivity index (χ2v) is 4.77. The molecule has 13 heavy (non-hydrogen) atoms. The second-order valence-electron chi connectivity index (χ2n) is 4.77. The fraction of sp³-hybridized carbons (Fsp3) is 0.900. The summed E-state index contributed by atoms with van der Waals surface area (Å²) in [5.74, 6) is 0.115. The first kappa shape index (κ1) is 12.4. The van der Waals surface area contributed by atoms with Crippen molar-refractivity contribution in [3.63, 3.8) is 0 Å². The molecule has 78 valence electrons. The molecular weight excluding hydrogens is 166 g/mol. The van der Waals surface area contributed by atoms with Gasteiger partial charge >= 0.3 is 5.97 Å². The van der Waals surface area contributed by atoms with Crippen LogP contribution in [0.2, 0.25) is 0 Å². The van der Waals surface area contributed by atoms with Crippen LogP contribution in [0.1, 0.15) is 41.0 Å². The Morgan fingerprint density at radius 3 is 2.15 bits per heavy atom. The van der Waals surface area contributed by atoms with Crippen LogP contribution in [-0.4, -0.2) is 17.6 Å². The lowest BCUT2D eigenvalue weighted by Crippen LogP contribution is -2.38. The first-order valence-corrected chi connectivity index (χ1v) is 4.71. The average Bonchev–Trinajstić information content (AvgIpc) is 1.81. The summed E-state index contributed by atoms with van der Waals surface area (Å²) >= 11 is 0. The molecule has 0 rings (SSSR count). The number of hydrogen-bond acceptors (Lipinski definition) is 3. The minimum atomic E-state index is -0.487. The van der Waals surface area contributed by atoms with Gasteiger partial charge in [0, 0.05) is 0 Å². The molecule has 0 saturated carbocycles. The molecule has 0 fully saturated rings. The number of rotatable bonds is 3. The van der Waals surface area contributed by atoms with Crippen molar-refractivity contribution in [1.29, 1.82) is 0 Å². The zero-order chi connectivity index (χ0) is 10.6. The maximum Gasteiger partial charge on any atom is 0.323 e. The predicted octanol–water partition coefficient (Wildman–Crippen LogP) is 1.70. The highest BCUT2D eigenvalue weighted by atomic mass is 16.6. The van der Waals surface area contributed by atoms with Gasteiger partial charge in [-0.3, -0.25) is 4.79 Å². The summed E-state index contributed by atoms with van der Waals surface area (Å²) in [4.78, 5) is 11.3. The second kappa shape index (κ2) is 4.61. The number of carbonyl (C=O) groups excluding carboxylic acids is 1. The SMILES string of the molecule is CC(C)CC(N)C(=O)OC(C)(C)C. The van der Waals surface area contributed by atoms with E-state index in [-0.39, 0.29) is 5.97 Å². The summed E-state index contributed by atoms with van der Waals surface area (Å²) in [5.41, 5.74) is 5.21. The average molecular weight is 187 g/mol. The monoisotopic (exact) mass is 187 g/mol. The Balaban J connectivity index is 3.97. The Labute approximate surface area is 80.6 Å². The van der Waals surface area contributed by atoms with E-state index in [4.69, 9.17) is 10.5 Å². The van der Waals surface area contributed by atoms with Gasteiger partial charge in [0.2, 0.25) is 0 Å². The molecule has 1 atom stereocenters. The van der Waals surface area contributed by atoms with Gasteiger partial charge in [-0.05, 0) is 33.1 Å². The standard InChI is InChI=1S/C10H21NO2/c1-7(2)6-8(11)9(12)13-10(3,4)5/h7-8H,6,11H2,1-5H3. The largest absolute Gasteiger partial charge is 0.459 e. The van der Waals surface area contributed by atoms with Gasteiger partial charge < -0.3 is 10.5 Å². The molecule has 0 heterocycles. The van der Waals surface area contributed by atoms with Crippen molar-refractivity contribution in [2.75, 3.05) is 0 Å². The minimum Gasteiger partial charge on any atom is -0.459 e. The van der Waals surface area contributed by atoms with Crippen LogP contribution in [0.25, 0.3) is 0 Å². The van der Waals surface area contributed by atoms with Crippen molar-refractivity contribution in [1.82, 2.24) is 0 Å². The maximum atomic E-state index is 11.3. The van der Waals surface area contributed by atoms with Gasteiger partial charge in [-0.15, -0.1) is 0 Å². The molecule has 0 amide bonds. The van der Waals surface area contributed by atoms with Crippen LogP contribution >= 0.6 is 0 Å². The van der Waals surface area contributed by atoms with E-state index in [1.54, 1.807) is 0 Å². The number of nitrogens with two attached hydrogens (primary N) is 1. The van der Waals surface area contributed by atoms with Crippen molar-refractivity contribution in [2.24, 2.45) is 11.7 Å². The van der Waals surface area contributed by atoms with Crippen LogP contribution in [0.15, 0.2) is 0 Å². The van der Waals surface area contributed by atoms with Gasteiger partial charge in [-0.2, -0.15) is 0 Å². The van der Waals surface area contributed by atoms with E-state index < -0.39 is 11.6 Å². The summed E-state index contributed by atoms with van der Waals surface area (Å²) in [6.07, 6.45) is 0.676. The fourth-order valence-corrected chi connectivity index (χ4v) is 0.982. The van der Waals surface area contributed by atoms with Crippen molar-refractivity contribution in [3.05, 3.63) is 0 Å². The summed E-state index contributed by atoms with van der Waals surface area (Å²) < 4.78 is 5.14. The van der Waals surface area contributed by atoms with Crippen LogP contribution in [0.3, 0.4) is 0 Å². The molecule has 0 aromatic heterocycles. The number of carbonyl (C=O) groups is 1. The van der Waals surface area contributed by atoms with Gasteiger partial charge in [0.05, 0.1) is 0 Å². The quantitative estimate of drug-likeness (QED) is 0.684. The Morgan fingerprint density at radius 1 is 1.38 bits per heavy atom. The highest BCUT2D eigenvalue weighted by Crippen LogP contribution is 2.11. The predicted molar refractivity (Wildman–Crippen MR) is 53.3 cm³/mol. The van der Waals surface area contributed by atoms with Crippen LogP contribution in [0.5, 0.6) is 0 Å². The molecule has 0 spiro atoms. The number of ether oxygens (including phenoxy) is 1. The molecule has 0 radical (unpaired) electrons. The van der Waals surface area contributed by atoms with Gasteiger partial charge in [0.1, 0.15) is 11.6 Å². The Kier molecular flexibility index (Phi) is 4.40. The highest BCUT2D eigenvalue weighted by molar-refractivity contribution is 5.75. The van der Waals surface area contributed by atoms with Gasteiger partial charge in [-0.1, -0.05) is 13.8 Å². The van der Waals surface area contributed by atoms with Crippen LogP contribution in [0.4, 0.5) is 0 Å². The topological polar surface area (TPSA) is 52.3 Å². The molecule has 0 aliphatic heterocycles. The van der Waals surface area contributed by atoms with Crippen LogP contribution in [-0.2, 0) is 9.53 Å². The van der Waals surface area contributed by atoms with Crippen molar-refractivity contribution in [3.8, 4) is 0 Å². The molecule has 2 N–H and O–H groups in total. The lowest BCUT2D eigenvalue weighted by atomic mass is 10.0. The van der Waals surface area contributed by atoms with E-state index in [9.17, 15) is 4.79 Å². The number of esters is 1. The molecule has 0 aliphatic rings. The summed E-state index contributed by atoms with van der Waals surface area (Å²) in [5, 5.41) is 0. The molecule has 1 unspecified atom stereocenters. The van der Waals surface area contributed by atoms with E-state index in [1.165, 1.54) is 0 Å². The van der Waals surface area contributed by atoms with Crippen molar-refractivity contribution in [2.45, 2.75) is 52.7 Å².